The third-order valence-electron chi connectivity index (χ3n) is 16.6. The first-order valence-electron chi connectivity index (χ1n) is 28.1. The van der Waals surface area contributed by atoms with Gasteiger partial charge >= 0.3 is 0 Å². The van der Waals surface area contributed by atoms with Gasteiger partial charge in [-0.25, -0.2) is 38.3 Å². The maximum Gasteiger partial charge on any atom is 0.219 e. The Kier molecular flexibility index (Phi) is 18.3. The summed E-state index contributed by atoms with van der Waals surface area (Å²) in [5, 5.41) is 4.91. The van der Waals surface area contributed by atoms with Gasteiger partial charge in [0.2, 0.25) is 36.0 Å². The summed E-state index contributed by atoms with van der Waals surface area (Å²) in [6.07, 6.45) is 20.0. The Morgan fingerprint density at radius 3 is 1.72 bits per heavy atom. The summed E-state index contributed by atoms with van der Waals surface area (Å²) in [4.78, 5) is 26.0. The molecule has 21 heteroatoms. The standard InChI is InChI=1S/C16H22N2O3S.C16H20N2O2S.C15H15FN2O.C14H15ClN2O2S/c1-21-10-11-22(19,20)18-8-6-13(7-9-18)15-12-17-16-5-3-2-4-14(15)16;19-21(20,13-5-6-13)18-9-7-12(8-10-18)15-11-17-16-4-2-1-3-14(15)16;1-10(19)18-7-5-11(6-8-18)12-9-17-14-4-2-3-13(16)15(12)14;1-20(18,19)17-6-4-10(5-7-17)13-9-16-14-8-11(15)2-3-12(13)14/h2-5,12-13,17H,6-11H2,1H3;1-4,11-13,17H,5-10H2;2-5,9,17H,6-8H2,1H3;2-4,8-9,16H,5-7H2,1H3. The van der Waals surface area contributed by atoms with E-state index >= 15 is 0 Å². The molecule has 0 unspecified atom stereocenters. The largest absolute Gasteiger partial charge is 0.384 e. The second-order valence-electron chi connectivity index (χ2n) is 21.8. The Bertz CT molecular complexity index is 3980. The summed E-state index contributed by atoms with van der Waals surface area (Å²) in [5.41, 5.74) is 11.1. The Hall–Kier alpha value is -6.10. The number of piperidine rings is 2. The number of sulfonamides is 3. The van der Waals surface area contributed by atoms with Crippen molar-refractivity contribution in [2.45, 2.75) is 75.4 Å². The van der Waals surface area contributed by atoms with Gasteiger partial charge in [0, 0.05) is 151 Å². The molecule has 0 radical (unpaired) electrons. The van der Waals surface area contributed by atoms with Crippen molar-refractivity contribution in [2.75, 3.05) is 78.1 Å². The molecule has 2 saturated heterocycles. The van der Waals surface area contributed by atoms with E-state index in [4.69, 9.17) is 16.3 Å². The molecule has 13 rings (SSSR count). The van der Waals surface area contributed by atoms with Crippen LogP contribution in [0.5, 0.6) is 0 Å². The number of carbonyl (C=O) groups is 1. The second kappa shape index (κ2) is 25.4. The average molecular weight is 1200 g/mol. The van der Waals surface area contributed by atoms with Crippen molar-refractivity contribution in [3.63, 3.8) is 0 Å². The number of halogens is 2. The van der Waals surface area contributed by atoms with E-state index in [0.29, 0.717) is 74.6 Å². The molecule has 8 aromatic rings. The lowest BCUT2D eigenvalue weighted by Gasteiger charge is -2.31. The molecule has 4 aromatic heterocycles. The molecule has 1 saturated carbocycles. The van der Waals surface area contributed by atoms with Crippen molar-refractivity contribution in [3.8, 4) is 0 Å². The van der Waals surface area contributed by atoms with Gasteiger partial charge in [0.15, 0.2) is 0 Å². The van der Waals surface area contributed by atoms with Gasteiger partial charge in [0.1, 0.15) is 5.82 Å². The van der Waals surface area contributed by atoms with Crippen LogP contribution in [0.15, 0.2) is 122 Å². The van der Waals surface area contributed by atoms with Crippen molar-refractivity contribution >= 4 is 102 Å². The molecule has 0 atom stereocenters. The molecule has 436 valence electrons. The predicted octanol–water partition coefficient (Wildman–Crippen LogP) is 11.0. The van der Waals surface area contributed by atoms with Crippen molar-refractivity contribution in [3.05, 3.63) is 155 Å². The average Bonchev–Trinajstić information content (AvgIpc) is 3.99. The van der Waals surface area contributed by atoms with Crippen LogP contribution in [-0.4, -0.2) is 152 Å². The minimum absolute atomic E-state index is 0.0707. The van der Waals surface area contributed by atoms with Gasteiger partial charge in [-0.1, -0.05) is 72.3 Å². The molecular weight excluding hydrogens is 1120 g/mol. The molecule has 1 amide bonds. The van der Waals surface area contributed by atoms with Crippen LogP contribution in [0.4, 0.5) is 4.39 Å². The second-order valence-corrected chi connectivity index (χ2v) is 28.5. The lowest BCUT2D eigenvalue weighted by molar-refractivity contribution is -0.128. The molecule has 1 aliphatic carbocycles. The zero-order valence-corrected chi connectivity index (χ0v) is 49.7. The maximum absolute atomic E-state index is 13.9. The molecule has 8 heterocycles. The van der Waals surface area contributed by atoms with Crippen LogP contribution in [0, 0.1) is 5.82 Å². The summed E-state index contributed by atoms with van der Waals surface area (Å²) in [6, 6.07) is 27.4. The first-order valence-corrected chi connectivity index (χ1v) is 33.4. The lowest BCUT2D eigenvalue weighted by atomic mass is 9.90. The Morgan fingerprint density at radius 1 is 0.610 bits per heavy atom. The molecule has 0 spiro atoms. The van der Waals surface area contributed by atoms with Crippen LogP contribution >= 0.6 is 11.6 Å². The lowest BCUT2D eigenvalue weighted by Crippen LogP contribution is -2.39. The van der Waals surface area contributed by atoms with Crippen LogP contribution < -0.4 is 0 Å². The number of nitrogens with one attached hydrogen (secondary N) is 4. The fraction of sp³-hybridized carbons (Fsp3) is 0.393. The number of ether oxygens (including phenoxy) is 1. The van der Waals surface area contributed by atoms with E-state index in [1.54, 1.807) is 26.5 Å². The van der Waals surface area contributed by atoms with E-state index in [9.17, 15) is 34.4 Å². The number of benzene rings is 4. The van der Waals surface area contributed by atoms with E-state index in [1.807, 2.05) is 67.0 Å². The highest BCUT2D eigenvalue weighted by Gasteiger charge is 2.41. The topological polar surface area (TPSA) is 205 Å². The third kappa shape index (κ3) is 13.4. The first kappa shape index (κ1) is 59.1. The number of fused-ring (bicyclic) bond motifs is 4. The third-order valence-corrected chi connectivity index (χ3v) is 22.3. The molecule has 0 bridgehead atoms. The summed E-state index contributed by atoms with van der Waals surface area (Å²) >= 11 is 5.98. The van der Waals surface area contributed by atoms with Crippen molar-refractivity contribution in [1.29, 1.82) is 0 Å². The minimum Gasteiger partial charge on any atom is -0.384 e. The number of rotatable bonds is 11. The summed E-state index contributed by atoms with van der Waals surface area (Å²) in [6.45, 7) is 6.63. The number of hydrogen-bond donors (Lipinski definition) is 4. The number of H-pyrrole nitrogens is 4. The van der Waals surface area contributed by atoms with E-state index in [-0.39, 0.29) is 29.3 Å². The van der Waals surface area contributed by atoms with Gasteiger partial charge in [-0.05, 0) is 122 Å². The van der Waals surface area contributed by atoms with Crippen molar-refractivity contribution in [1.82, 2.24) is 37.8 Å². The normalized spacial score (nSPS) is 18.3. The number of carbonyl (C=O) groups excluding carboxylic acids is 1. The number of nitrogens with zero attached hydrogens (tertiary/aromatic N) is 4. The zero-order chi connectivity index (χ0) is 57.8. The number of aromatic nitrogens is 4. The quantitative estimate of drug-likeness (QED) is 0.0978. The highest BCUT2D eigenvalue weighted by molar-refractivity contribution is 7.90. The van der Waals surface area contributed by atoms with Crippen molar-refractivity contribution in [2.24, 2.45) is 0 Å². The summed E-state index contributed by atoms with van der Waals surface area (Å²) in [5.74, 6) is 0.835. The minimum atomic E-state index is -3.18. The molecule has 5 aliphatic rings. The van der Waals surface area contributed by atoms with E-state index in [1.165, 1.54) is 56.7 Å². The fourth-order valence-electron chi connectivity index (χ4n) is 11.8. The van der Waals surface area contributed by atoms with Crippen LogP contribution in [0.2, 0.25) is 5.02 Å². The van der Waals surface area contributed by atoms with Gasteiger partial charge in [-0.15, -0.1) is 0 Å². The van der Waals surface area contributed by atoms with Gasteiger partial charge in [-0.2, -0.15) is 4.31 Å². The number of aromatic amines is 4. The SMILES string of the molecule is CC(=O)N1CC=C(c2c[nH]c3cccc(F)c23)CC1.COCCS(=O)(=O)N1CCC(c2c[nH]c3ccccc23)CC1.CS(=O)(=O)N1CC=C(c2c[nH]c3cc(Cl)ccc23)CC1.O=S(=O)(C1CC1)N1CCC(c2c[nH]c3ccccc23)CC1. The fourth-order valence-corrected chi connectivity index (χ4v) is 16.0. The molecule has 82 heavy (non-hydrogen) atoms. The van der Waals surface area contributed by atoms with E-state index in [0.717, 1.165) is 90.0 Å². The van der Waals surface area contributed by atoms with Crippen LogP contribution in [-0.2, 0) is 39.6 Å². The Labute approximate surface area is 484 Å². The molecule has 16 nitrogen and oxygen atoms in total. The van der Waals surface area contributed by atoms with E-state index in [2.05, 4.69) is 62.7 Å². The van der Waals surface area contributed by atoms with Crippen LogP contribution in [0.3, 0.4) is 0 Å². The highest BCUT2D eigenvalue weighted by atomic mass is 35.5. The summed E-state index contributed by atoms with van der Waals surface area (Å²) in [7, 11) is -7.75. The Morgan fingerprint density at radius 2 is 1.16 bits per heavy atom. The van der Waals surface area contributed by atoms with E-state index < -0.39 is 30.1 Å². The zero-order valence-electron chi connectivity index (χ0n) is 46.5. The molecular formula is C61H72ClFN8O8S3. The summed E-state index contributed by atoms with van der Waals surface area (Å²) < 4.78 is 95.6. The number of hydrogen-bond acceptors (Lipinski definition) is 8. The number of methoxy groups -OCH3 is 1. The Balaban J connectivity index is 0.000000123. The van der Waals surface area contributed by atoms with Gasteiger partial charge in [0.05, 0.1) is 23.9 Å². The molecule has 4 aromatic carbocycles. The van der Waals surface area contributed by atoms with Gasteiger partial charge in [-0.3, -0.25) is 4.79 Å². The molecule has 4 aliphatic heterocycles. The predicted molar refractivity (Wildman–Crippen MR) is 327 cm³/mol. The number of para-hydroxylation sites is 2. The monoisotopic (exact) mass is 1190 g/mol. The first-order chi connectivity index (χ1) is 39.4. The molecule has 3 fully saturated rings. The smallest absolute Gasteiger partial charge is 0.219 e. The van der Waals surface area contributed by atoms with Crippen LogP contribution in [0.25, 0.3) is 54.8 Å². The van der Waals surface area contributed by atoms with Crippen LogP contribution in [0.1, 0.15) is 92.4 Å². The van der Waals surface area contributed by atoms with Gasteiger partial charge < -0.3 is 29.6 Å². The molecule has 4 N–H and O–H groups in total. The number of amides is 1. The highest BCUT2D eigenvalue weighted by Crippen LogP contribution is 2.39. The van der Waals surface area contributed by atoms with Crippen molar-refractivity contribution < 1.29 is 39.2 Å². The van der Waals surface area contributed by atoms with Gasteiger partial charge in [0.25, 0.3) is 0 Å². The maximum atomic E-state index is 13.9.